The van der Waals surface area contributed by atoms with Gasteiger partial charge < -0.3 is 10.1 Å². The lowest BCUT2D eigenvalue weighted by Crippen LogP contribution is -2.42. The number of ether oxygens (including phenoxy) is 1. The van der Waals surface area contributed by atoms with Gasteiger partial charge in [-0.05, 0) is 19.4 Å². The van der Waals surface area contributed by atoms with Gasteiger partial charge in [-0.15, -0.1) is 0 Å². The third kappa shape index (κ3) is 4.78. The minimum atomic E-state index is -1.17. The van der Waals surface area contributed by atoms with Crippen LogP contribution in [0.15, 0.2) is 41.3 Å². The molecule has 1 N–H and O–H groups in total. The molecule has 0 spiro atoms. The predicted octanol–water partition coefficient (Wildman–Crippen LogP) is 1.45. The van der Waals surface area contributed by atoms with E-state index in [9.17, 15) is 18.8 Å². The van der Waals surface area contributed by atoms with Crippen LogP contribution < -0.4 is 15.6 Å². The molecule has 27 heavy (non-hydrogen) atoms. The highest BCUT2D eigenvalue weighted by atomic mass is 19.1. The summed E-state index contributed by atoms with van der Waals surface area (Å²) in [6.07, 6.45) is 1.37. The summed E-state index contributed by atoms with van der Waals surface area (Å²) in [5, 5.41) is 6.52. The maximum atomic E-state index is 12.9. The molecular formula is C19H22FN3O4. The first kappa shape index (κ1) is 20.3. The molecule has 144 valence electrons. The standard InChI is InChI=1S/C19H22FN3O4/c1-12(18(25)22-13(2)15(24)9-20)17-16(27-3)10-21-23(19(17)26)11-14-7-5-4-6-8-14/h4-8,10,12-13H,9,11H2,1-3H3,(H,22,25). The number of nitrogens with zero attached hydrogens (tertiary/aromatic N) is 2. The number of hydrogen-bond acceptors (Lipinski definition) is 5. The third-order valence-corrected chi connectivity index (χ3v) is 4.24. The fourth-order valence-corrected chi connectivity index (χ4v) is 2.58. The Kier molecular flexibility index (Phi) is 6.81. The molecule has 0 bridgehead atoms. The highest BCUT2D eigenvalue weighted by molar-refractivity contribution is 5.91. The molecule has 1 aromatic heterocycles. The molecule has 2 aromatic rings. The zero-order valence-electron chi connectivity index (χ0n) is 15.4. The van der Waals surface area contributed by atoms with Crippen LogP contribution >= 0.6 is 0 Å². The summed E-state index contributed by atoms with van der Waals surface area (Å²) in [5.74, 6) is -2.04. The van der Waals surface area contributed by atoms with Crippen LogP contribution in [0.2, 0.25) is 0 Å². The van der Waals surface area contributed by atoms with Gasteiger partial charge in [0.15, 0.2) is 5.78 Å². The molecule has 2 rings (SSSR count). The second kappa shape index (κ2) is 9.07. The van der Waals surface area contributed by atoms with Crippen molar-refractivity contribution in [3.05, 3.63) is 58.0 Å². The maximum Gasteiger partial charge on any atom is 0.274 e. The van der Waals surface area contributed by atoms with Gasteiger partial charge in [0.05, 0.1) is 37.4 Å². The van der Waals surface area contributed by atoms with E-state index in [0.717, 1.165) is 5.56 Å². The molecule has 0 radical (unpaired) electrons. The molecule has 2 unspecified atom stereocenters. The van der Waals surface area contributed by atoms with Crippen molar-refractivity contribution in [1.82, 2.24) is 15.1 Å². The van der Waals surface area contributed by atoms with Crippen LogP contribution in [0.3, 0.4) is 0 Å². The van der Waals surface area contributed by atoms with Crippen molar-refractivity contribution in [3.63, 3.8) is 0 Å². The normalized spacial score (nSPS) is 12.9. The van der Waals surface area contributed by atoms with Gasteiger partial charge in [-0.3, -0.25) is 14.4 Å². The summed E-state index contributed by atoms with van der Waals surface area (Å²) in [4.78, 5) is 36.7. The number of Topliss-reactive ketones (excluding diaryl/α,β-unsaturated/α-hetero) is 1. The Morgan fingerprint density at radius 3 is 2.52 bits per heavy atom. The van der Waals surface area contributed by atoms with Gasteiger partial charge in [0.2, 0.25) is 5.91 Å². The van der Waals surface area contributed by atoms with Gasteiger partial charge in [0.1, 0.15) is 12.4 Å². The zero-order valence-corrected chi connectivity index (χ0v) is 15.4. The van der Waals surface area contributed by atoms with E-state index >= 15 is 0 Å². The first-order valence-electron chi connectivity index (χ1n) is 8.46. The number of nitrogens with one attached hydrogen (secondary N) is 1. The molecular weight excluding hydrogens is 353 g/mol. The number of aromatic nitrogens is 2. The van der Waals surface area contributed by atoms with E-state index in [2.05, 4.69) is 10.4 Å². The Balaban J connectivity index is 2.33. The number of methoxy groups -OCH3 is 1. The van der Waals surface area contributed by atoms with Crippen LogP contribution in [0.5, 0.6) is 5.75 Å². The van der Waals surface area contributed by atoms with Crippen LogP contribution in [0.25, 0.3) is 0 Å². The number of ketones is 1. The molecule has 1 amide bonds. The first-order valence-corrected chi connectivity index (χ1v) is 8.46. The van der Waals surface area contributed by atoms with Crippen molar-refractivity contribution in [2.75, 3.05) is 13.8 Å². The van der Waals surface area contributed by atoms with Crippen LogP contribution in [-0.2, 0) is 16.1 Å². The Bertz CT molecular complexity index is 867. The summed E-state index contributed by atoms with van der Waals surface area (Å²) in [7, 11) is 1.38. The second-order valence-corrected chi connectivity index (χ2v) is 6.13. The molecule has 0 saturated heterocycles. The van der Waals surface area contributed by atoms with Crippen molar-refractivity contribution < 1.29 is 18.7 Å². The number of carbonyl (C=O) groups excluding carboxylic acids is 2. The van der Waals surface area contributed by atoms with E-state index in [-0.39, 0.29) is 17.9 Å². The Labute approximate surface area is 156 Å². The highest BCUT2D eigenvalue weighted by Gasteiger charge is 2.26. The lowest BCUT2D eigenvalue weighted by molar-refractivity contribution is -0.128. The van der Waals surface area contributed by atoms with Crippen LogP contribution in [0.1, 0.15) is 30.9 Å². The SMILES string of the molecule is COc1cnn(Cc2ccccc2)c(=O)c1C(C)C(=O)NC(C)C(=O)CF. The van der Waals surface area contributed by atoms with Gasteiger partial charge >= 0.3 is 0 Å². The average Bonchev–Trinajstić information content (AvgIpc) is 2.68. The first-order chi connectivity index (χ1) is 12.9. The van der Waals surface area contributed by atoms with E-state index in [0.29, 0.717) is 0 Å². The predicted molar refractivity (Wildman–Crippen MR) is 97.6 cm³/mol. The molecule has 0 saturated carbocycles. The van der Waals surface area contributed by atoms with Crippen LogP contribution in [0, 0.1) is 0 Å². The zero-order chi connectivity index (χ0) is 20.0. The lowest BCUT2D eigenvalue weighted by atomic mass is 10.0. The molecule has 8 heteroatoms. The maximum absolute atomic E-state index is 12.9. The monoisotopic (exact) mass is 375 g/mol. The number of halogens is 1. The summed E-state index contributed by atoms with van der Waals surface area (Å²) in [5.41, 5.74) is 0.536. The smallest absolute Gasteiger partial charge is 0.274 e. The topological polar surface area (TPSA) is 90.3 Å². The minimum Gasteiger partial charge on any atom is -0.495 e. The van der Waals surface area contributed by atoms with Crippen molar-refractivity contribution in [2.45, 2.75) is 32.4 Å². The van der Waals surface area contributed by atoms with Crippen molar-refractivity contribution in [2.24, 2.45) is 0 Å². The van der Waals surface area contributed by atoms with Crippen LogP contribution in [0.4, 0.5) is 4.39 Å². The largest absolute Gasteiger partial charge is 0.495 e. The lowest BCUT2D eigenvalue weighted by Gasteiger charge is -2.18. The molecule has 2 atom stereocenters. The number of benzene rings is 1. The fraction of sp³-hybridized carbons (Fsp3) is 0.368. The summed E-state index contributed by atoms with van der Waals surface area (Å²) >= 11 is 0. The number of alkyl halides is 1. The third-order valence-electron chi connectivity index (χ3n) is 4.24. The number of carbonyl (C=O) groups is 2. The van der Waals surface area contributed by atoms with E-state index in [1.54, 1.807) is 0 Å². The number of amides is 1. The molecule has 7 nitrogen and oxygen atoms in total. The van der Waals surface area contributed by atoms with Crippen molar-refractivity contribution >= 4 is 11.7 Å². The highest BCUT2D eigenvalue weighted by Crippen LogP contribution is 2.22. The van der Waals surface area contributed by atoms with E-state index < -0.39 is 35.9 Å². The Morgan fingerprint density at radius 1 is 1.26 bits per heavy atom. The molecule has 0 aliphatic rings. The molecule has 1 aromatic carbocycles. The van der Waals surface area contributed by atoms with E-state index in [4.69, 9.17) is 4.74 Å². The minimum absolute atomic E-state index is 0.126. The van der Waals surface area contributed by atoms with Crippen LogP contribution in [-0.4, -0.2) is 41.3 Å². The van der Waals surface area contributed by atoms with Crippen molar-refractivity contribution in [3.8, 4) is 5.75 Å². The summed E-state index contributed by atoms with van der Waals surface area (Å²) in [6.45, 7) is 1.98. The van der Waals surface area contributed by atoms with Gasteiger partial charge in [-0.1, -0.05) is 30.3 Å². The average molecular weight is 375 g/mol. The van der Waals surface area contributed by atoms with E-state index in [1.807, 2.05) is 30.3 Å². The Hall–Kier alpha value is -3.03. The van der Waals surface area contributed by atoms with Gasteiger partial charge in [-0.2, -0.15) is 5.10 Å². The Morgan fingerprint density at radius 2 is 1.93 bits per heavy atom. The molecule has 0 aliphatic heterocycles. The van der Waals surface area contributed by atoms with Crippen molar-refractivity contribution in [1.29, 1.82) is 0 Å². The second-order valence-electron chi connectivity index (χ2n) is 6.13. The fourth-order valence-electron chi connectivity index (χ4n) is 2.58. The molecule has 1 heterocycles. The van der Waals surface area contributed by atoms with E-state index in [1.165, 1.54) is 31.8 Å². The number of rotatable bonds is 8. The quantitative estimate of drug-likeness (QED) is 0.754. The summed E-state index contributed by atoms with van der Waals surface area (Å²) in [6, 6.07) is 8.31. The summed E-state index contributed by atoms with van der Waals surface area (Å²) < 4.78 is 18.9. The van der Waals surface area contributed by atoms with Gasteiger partial charge in [0, 0.05) is 0 Å². The van der Waals surface area contributed by atoms with Gasteiger partial charge in [-0.25, -0.2) is 9.07 Å². The molecule has 0 aliphatic carbocycles. The van der Waals surface area contributed by atoms with Gasteiger partial charge in [0.25, 0.3) is 5.56 Å². The molecule has 0 fully saturated rings. The number of hydrogen-bond donors (Lipinski definition) is 1.